The first-order valence-corrected chi connectivity index (χ1v) is 11.8. The summed E-state index contributed by atoms with van der Waals surface area (Å²) in [5.41, 5.74) is 2.51. The molecular formula is C27H38O3. The maximum atomic E-state index is 12.0. The van der Waals surface area contributed by atoms with Gasteiger partial charge in [0.2, 0.25) is 0 Å². The lowest BCUT2D eigenvalue weighted by Crippen LogP contribution is -2.12. The first-order valence-electron chi connectivity index (χ1n) is 11.8. The van der Waals surface area contributed by atoms with Crippen LogP contribution >= 0.6 is 0 Å². The van der Waals surface area contributed by atoms with Crippen molar-refractivity contribution in [1.29, 1.82) is 0 Å². The van der Waals surface area contributed by atoms with Gasteiger partial charge in [-0.05, 0) is 49.3 Å². The minimum atomic E-state index is -0.584. The van der Waals surface area contributed by atoms with Crippen molar-refractivity contribution in [3.8, 4) is 5.75 Å². The standard InChI is InChI=1S/C27H38O3/c1-2-3-10-20-25-21-14-15-22-26(25)30-27(28)29-23-16-8-6-4-5-7-11-17-24-18-12-9-13-19-24/h9,12-15,18-19,21-22H,2-8,10-11,16-17,20,23H2,1H3. The molecule has 0 saturated carbocycles. The first kappa shape index (κ1) is 24.0. The number of ether oxygens (including phenoxy) is 2. The molecule has 2 aromatic carbocycles. The largest absolute Gasteiger partial charge is 0.513 e. The van der Waals surface area contributed by atoms with E-state index < -0.39 is 6.16 Å². The molecule has 0 fully saturated rings. The number of benzene rings is 2. The number of unbranched alkanes of at least 4 members (excludes halogenated alkanes) is 8. The summed E-state index contributed by atoms with van der Waals surface area (Å²) in [6.07, 6.45) is 13.3. The van der Waals surface area contributed by atoms with Gasteiger partial charge in [-0.2, -0.15) is 0 Å². The van der Waals surface area contributed by atoms with Gasteiger partial charge in [0, 0.05) is 0 Å². The van der Waals surface area contributed by atoms with E-state index in [9.17, 15) is 4.79 Å². The highest BCUT2D eigenvalue weighted by Gasteiger charge is 2.09. The molecule has 0 saturated heterocycles. The maximum Gasteiger partial charge on any atom is 0.513 e. The molecule has 164 valence electrons. The van der Waals surface area contributed by atoms with Gasteiger partial charge in [-0.15, -0.1) is 0 Å². The van der Waals surface area contributed by atoms with Crippen LogP contribution in [0.5, 0.6) is 5.75 Å². The van der Waals surface area contributed by atoms with Crippen LogP contribution in [0.2, 0.25) is 0 Å². The Morgan fingerprint density at radius 3 is 2.10 bits per heavy atom. The molecule has 0 aliphatic heterocycles. The average Bonchev–Trinajstić information content (AvgIpc) is 2.77. The molecule has 0 unspecified atom stereocenters. The molecule has 3 nitrogen and oxygen atoms in total. The van der Waals surface area contributed by atoms with Gasteiger partial charge in [-0.3, -0.25) is 0 Å². The molecule has 0 radical (unpaired) electrons. The van der Waals surface area contributed by atoms with Crippen LogP contribution in [-0.4, -0.2) is 12.8 Å². The Balaban J connectivity index is 1.47. The van der Waals surface area contributed by atoms with Crippen molar-refractivity contribution in [3.63, 3.8) is 0 Å². The van der Waals surface area contributed by atoms with Crippen LogP contribution in [0.1, 0.15) is 82.3 Å². The highest BCUT2D eigenvalue weighted by molar-refractivity contribution is 5.64. The molecule has 3 heteroatoms. The van der Waals surface area contributed by atoms with Crippen LogP contribution in [0.3, 0.4) is 0 Å². The van der Waals surface area contributed by atoms with Gasteiger partial charge >= 0.3 is 6.16 Å². The third-order valence-corrected chi connectivity index (χ3v) is 5.39. The Bertz CT molecular complexity index is 696. The zero-order chi connectivity index (χ0) is 21.3. The summed E-state index contributed by atoms with van der Waals surface area (Å²) in [6.45, 7) is 2.62. The van der Waals surface area contributed by atoms with Crippen molar-refractivity contribution in [2.24, 2.45) is 0 Å². The van der Waals surface area contributed by atoms with Crippen LogP contribution in [0.4, 0.5) is 4.79 Å². The van der Waals surface area contributed by atoms with Gasteiger partial charge in [0.1, 0.15) is 5.75 Å². The van der Waals surface area contributed by atoms with Crippen molar-refractivity contribution in [2.45, 2.75) is 84.0 Å². The van der Waals surface area contributed by atoms with Gasteiger partial charge in [-0.25, -0.2) is 4.79 Å². The van der Waals surface area contributed by atoms with Gasteiger partial charge in [0.15, 0.2) is 0 Å². The molecule has 0 heterocycles. The lowest BCUT2D eigenvalue weighted by atomic mass is 10.0. The third kappa shape index (κ3) is 10.5. The Morgan fingerprint density at radius 1 is 0.700 bits per heavy atom. The second-order valence-electron chi connectivity index (χ2n) is 7.98. The first-order chi connectivity index (χ1) is 14.8. The van der Waals surface area contributed by atoms with Crippen LogP contribution in [0, 0.1) is 0 Å². The molecule has 0 atom stereocenters. The third-order valence-electron chi connectivity index (χ3n) is 5.39. The van der Waals surface area contributed by atoms with Crippen molar-refractivity contribution in [3.05, 3.63) is 65.7 Å². The summed E-state index contributed by atoms with van der Waals surface area (Å²) < 4.78 is 10.7. The van der Waals surface area contributed by atoms with E-state index in [1.165, 1.54) is 56.9 Å². The van der Waals surface area contributed by atoms with E-state index in [4.69, 9.17) is 9.47 Å². The number of para-hydroxylation sites is 1. The number of carbonyl (C=O) groups excluding carboxylic acids is 1. The molecule has 0 amide bonds. The van der Waals surface area contributed by atoms with Crippen LogP contribution < -0.4 is 4.74 Å². The Hall–Kier alpha value is -2.29. The van der Waals surface area contributed by atoms with Gasteiger partial charge in [0.05, 0.1) is 6.61 Å². The molecule has 0 bridgehead atoms. The van der Waals surface area contributed by atoms with Gasteiger partial charge in [0.25, 0.3) is 0 Å². The Morgan fingerprint density at radius 2 is 1.33 bits per heavy atom. The fraction of sp³-hybridized carbons (Fsp3) is 0.519. The van der Waals surface area contributed by atoms with E-state index in [-0.39, 0.29) is 0 Å². The van der Waals surface area contributed by atoms with Gasteiger partial charge < -0.3 is 9.47 Å². The summed E-state index contributed by atoms with van der Waals surface area (Å²) in [5.74, 6) is 0.633. The second-order valence-corrected chi connectivity index (χ2v) is 7.98. The number of carbonyl (C=O) groups is 1. The summed E-state index contributed by atoms with van der Waals surface area (Å²) in [6, 6.07) is 18.5. The van der Waals surface area contributed by atoms with Crippen LogP contribution in [0.15, 0.2) is 54.6 Å². The SMILES string of the molecule is CCCCCc1ccccc1OC(=O)OCCCCCCCCCc1ccccc1. The molecule has 0 aliphatic carbocycles. The zero-order valence-corrected chi connectivity index (χ0v) is 18.6. The molecule has 2 aromatic rings. The smallest absolute Gasteiger partial charge is 0.434 e. The molecule has 0 N–H and O–H groups in total. The van der Waals surface area contributed by atoms with E-state index in [0.29, 0.717) is 12.4 Å². The van der Waals surface area contributed by atoms with Crippen molar-refractivity contribution < 1.29 is 14.3 Å². The highest BCUT2D eigenvalue weighted by Crippen LogP contribution is 2.21. The Kier molecular flexibility index (Phi) is 12.4. The minimum absolute atomic E-state index is 0.435. The normalized spacial score (nSPS) is 10.7. The number of rotatable bonds is 15. The fourth-order valence-corrected chi connectivity index (χ4v) is 3.61. The van der Waals surface area contributed by atoms with Crippen molar-refractivity contribution in [2.75, 3.05) is 6.61 Å². The lowest BCUT2D eigenvalue weighted by molar-refractivity contribution is 0.0969. The Labute approximate surface area is 182 Å². The fourth-order valence-electron chi connectivity index (χ4n) is 3.61. The zero-order valence-electron chi connectivity index (χ0n) is 18.6. The topological polar surface area (TPSA) is 35.5 Å². The predicted octanol–water partition coefficient (Wildman–Crippen LogP) is 7.91. The predicted molar refractivity (Wildman–Crippen MR) is 124 cm³/mol. The summed E-state index contributed by atoms with van der Waals surface area (Å²) in [7, 11) is 0. The monoisotopic (exact) mass is 410 g/mol. The lowest BCUT2D eigenvalue weighted by Gasteiger charge is -2.10. The van der Waals surface area contributed by atoms with E-state index >= 15 is 0 Å². The number of aryl methyl sites for hydroxylation is 2. The molecule has 0 aromatic heterocycles. The van der Waals surface area contributed by atoms with Crippen molar-refractivity contribution in [1.82, 2.24) is 0 Å². The maximum absolute atomic E-state index is 12.0. The molecule has 0 aliphatic rings. The average molecular weight is 411 g/mol. The summed E-state index contributed by atoms with van der Waals surface area (Å²) in [4.78, 5) is 12.0. The number of hydrogen-bond acceptors (Lipinski definition) is 3. The van der Waals surface area contributed by atoms with E-state index in [2.05, 4.69) is 37.3 Å². The minimum Gasteiger partial charge on any atom is -0.434 e. The van der Waals surface area contributed by atoms with Crippen LogP contribution in [0.25, 0.3) is 0 Å². The second kappa shape index (κ2) is 15.5. The number of hydrogen-bond donors (Lipinski definition) is 0. The van der Waals surface area contributed by atoms with Crippen LogP contribution in [-0.2, 0) is 17.6 Å². The molecular weight excluding hydrogens is 372 g/mol. The summed E-state index contributed by atoms with van der Waals surface area (Å²) >= 11 is 0. The molecule has 0 spiro atoms. The van der Waals surface area contributed by atoms with Gasteiger partial charge in [-0.1, -0.05) is 100 Å². The van der Waals surface area contributed by atoms with E-state index in [1.54, 1.807) is 0 Å². The van der Waals surface area contributed by atoms with E-state index in [0.717, 1.165) is 31.2 Å². The molecule has 30 heavy (non-hydrogen) atoms. The highest BCUT2D eigenvalue weighted by atomic mass is 16.7. The molecule has 2 rings (SSSR count). The summed E-state index contributed by atoms with van der Waals surface area (Å²) in [5, 5.41) is 0. The van der Waals surface area contributed by atoms with E-state index in [1.807, 2.05) is 24.3 Å². The van der Waals surface area contributed by atoms with Crippen molar-refractivity contribution >= 4 is 6.16 Å². The quantitative estimate of drug-likeness (QED) is 0.170.